The van der Waals surface area contributed by atoms with Gasteiger partial charge in [-0.25, -0.2) is 9.78 Å². The van der Waals surface area contributed by atoms with Crippen LogP contribution in [0.3, 0.4) is 0 Å². The van der Waals surface area contributed by atoms with E-state index in [2.05, 4.69) is 15.1 Å². The van der Waals surface area contributed by atoms with Crippen LogP contribution in [0.4, 0.5) is 0 Å². The Kier molecular flexibility index (Phi) is 2.26. The zero-order chi connectivity index (χ0) is 12.5. The zero-order valence-electron chi connectivity index (χ0n) is 9.19. The molecule has 0 aliphatic rings. The fourth-order valence-electron chi connectivity index (χ4n) is 1.72. The van der Waals surface area contributed by atoms with E-state index in [0.29, 0.717) is 5.69 Å². The van der Waals surface area contributed by atoms with Crippen LogP contribution in [0.15, 0.2) is 42.7 Å². The van der Waals surface area contributed by atoms with Crippen LogP contribution in [-0.4, -0.2) is 30.7 Å². The van der Waals surface area contributed by atoms with Gasteiger partial charge in [0.05, 0.1) is 5.69 Å². The van der Waals surface area contributed by atoms with E-state index < -0.39 is 5.97 Å². The van der Waals surface area contributed by atoms with Crippen LogP contribution in [0.2, 0.25) is 0 Å². The van der Waals surface area contributed by atoms with E-state index in [4.69, 9.17) is 5.11 Å². The molecule has 0 saturated heterocycles. The molecule has 1 aromatic carbocycles. The second-order valence-electron chi connectivity index (χ2n) is 3.67. The van der Waals surface area contributed by atoms with Crippen molar-refractivity contribution in [2.45, 2.75) is 0 Å². The normalized spacial score (nSPS) is 10.7. The lowest BCUT2D eigenvalue weighted by molar-refractivity contribution is 0.0687. The van der Waals surface area contributed by atoms with Gasteiger partial charge in [0.15, 0.2) is 5.69 Å². The highest BCUT2D eigenvalue weighted by Gasteiger charge is 2.13. The molecule has 0 aliphatic carbocycles. The predicted molar refractivity (Wildman–Crippen MR) is 63.2 cm³/mol. The first kappa shape index (κ1) is 10.4. The number of aromatic nitrogens is 4. The van der Waals surface area contributed by atoms with E-state index in [1.807, 2.05) is 30.3 Å². The summed E-state index contributed by atoms with van der Waals surface area (Å²) in [6, 6.07) is 10.8. The van der Waals surface area contributed by atoms with Crippen molar-refractivity contribution >= 4 is 11.7 Å². The van der Waals surface area contributed by atoms with Gasteiger partial charge in [-0.15, -0.1) is 0 Å². The van der Waals surface area contributed by atoms with Crippen molar-refractivity contribution in [2.24, 2.45) is 0 Å². The van der Waals surface area contributed by atoms with Crippen LogP contribution in [0.25, 0.3) is 17.0 Å². The molecule has 2 heterocycles. The largest absolute Gasteiger partial charge is 0.477 e. The molecular weight excluding hydrogens is 232 g/mol. The van der Waals surface area contributed by atoms with Crippen LogP contribution in [0.5, 0.6) is 0 Å². The third-order valence-electron chi connectivity index (χ3n) is 2.54. The number of fused-ring (bicyclic) bond motifs is 1. The van der Waals surface area contributed by atoms with Crippen molar-refractivity contribution in [1.29, 1.82) is 0 Å². The summed E-state index contributed by atoms with van der Waals surface area (Å²) >= 11 is 0. The fraction of sp³-hybridized carbons (Fsp3) is 0. The van der Waals surface area contributed by atoms with E-state index in [1.165, 1.54) is 16.9 Å². The molecule has 2 aromatic heterocycles. The Labute approximate surface area is 102 Å². The number of carboxylic acids is 1. The number of rotatable bonds is 2. The Morgan fingerprint density at radius 2 is 2.00 bits per heavy atom. The third kappa shape index (κ3) is 1.60. The summed E-state index contributed by atoms with van der Waals surface area (Å²) in [5.41, 5.74) is 1.44. The Morgan fingerprint density at radius 1 is 1.22 bits per heavy atom. The van der Waals surface area contributed by atoms with Crippen LogP contribution in [0, 0.1) is 0 Å². The molecule has 6 heteroatoms. The first-order chi connectivity index (χ1) is 8.75. The minimum Gasteiger partial charge on any atom is -0.477 e. The molecule has 0 radical (unpaired) electrons. The van der Waals surface area contributed by atoms with Crippen molar-refractivity contribution in [1.82, 2.24) is 19.6 Å². The summed E-state index contributed by atoms with van der Waals surface area (Å²) in [7, 11) is 0. The summed E-state index contributed by atoms with van der Waals surface area (Å²) in [4.78, 5) is 19.4. The van der Waals surface area contributed by atoms with Gasteiger partial charge in [-0.05, 0) is 6.07 Å². The van der Waals surface area contributed by atoms with Crippen LogP contribution in [0.1, 0.15) is 10.5 Å². The van der Waals surface area contributed by atoms with Crippen molar-refractivity contribution in [3.8, 4) is 11.3 Å². The van der Waals surface area contributed by atoms with E-state index >= 15 is 0 Å². The van der Waals surface area contributed by atoms with Crippen LogP contribution >= 0.6 is 0 Å². The zero-order valence-corrected chi connectivity index (χ0v) is 9.19. The maximum atomic E-state index is 11.2. The molecule has 0 spiro atoms. The summed E-state index contributed by atoms with van der Waals surface area (Å²) in [5, 5.41) is 13.0. The third-order valence-corrected chi connectivity index (χ3v) is 2.54. The number of nitrogens with zero attached hydrogens (tertiary/aromatic N) is 4. The quantitative estimate of drug-likeness (QED) is 0.734. The monoisotopic (exact) mass is 240 g/mol. The molecular formula is C12H8N4O2. The maximum absolute atomic E-state index is 11.2. The standard InChI is InChI=1S/C12H8N4O2/c17-11(18)10-6-9(8-4-2-1-3-5-8)15-12-13-7-14-16(10)12/h1-7H,(H,17,18). The summed E-state index contributed by atoms with van der Waals surface area (Å²) in [6.45, 7) is 0. The highest BCUT2D eigenvalue weighted by Crippen LogP contribution is 2.18. The first-order valence-electron chi connectivity index (χ1n) is 5.25. The molecule has 1 N–H and O–H groups in total. The van der Waals surface area contributed by atoms with Crippen LogP contribution < -0.4 is 0 Å². The Hall–Kier alpha value is -2.76. The van der Waals surface area contributed by atoms with E-state index in [0.717, 1.165) is 5.56 Å². The van der Waals surface area contributed by atoms with Gasteiger partial charge in [-0.2, -0.15) is 14.6 Å². The van der Waals surface area contributed by atoms with Gasteiger partial charge in [0.1, 0.15) is 6.33 Å². The number of benzene rings is 1. The molecule has 0 amide bonds. The molecule has 88 valence electrons. The summed E-state index contributed by atoms with van der Waals surface area (Å²) in [6.07, 6.45) is 1.28. The molecule has 0 bridgehead atoms. The van der Waals surface area contributed by atoms with Crippen molar-refractivity contribution in [3.05, 3.63) is 48.4 Å². The number of hydrogen-bond acceptors (Lipinski definition) is 4. The number of hydrogen-bond donors (Lipinski definition) is 1. The van der Waals surface area contributed by atoms with Gasteiger partial charge in [0.2, 0.25) is 0 Å². The lowest BCUT2D eigenvalue weighted by Crippen LogP contribution is -2.08. The number of aromatic carboxylic acids is 1. The first-order valence-corrected chi connectivity index (χ1v) is 5.25. The van der Waals surface area contributed by atoms with Crippen molar-refractivity contribution in [2.75, 3.05) is 0 Å². The molecule has 0 saturated carbocycles. The second kappa shape index (κ2) is 3.92. The van der Waals surface area contributed by atoms with Crippen LogP contribution in [-0.2, 0) is 0 Å². The van der Waals surface area contributed by atoms with E-state index in [1.54, 1.807) is 0 Å². The van der Waals surface area contributed by atoms with Gasteiger partial charge < -0.3 is 5.11 Å². The minimum atomic E-state index is -1.06. The summed E-state index contributed by atoms with van der Waals surface area (Å²) in [5.74, 6) is -0.793. The molecule has 6 nitrogen and oxygen atoms in total. The molecule has 3 rings (SSSR count). The number of carbonyl (C=O) groups is 1. The highest BCUT2D eigenvalue weighted by molar-refractivity contribution is 5.87. The predicted octanol–water partition coefficient (Wildman–Crippen LogP) is 1.49. The Morgan fingerprint density at radius 3 is 2.72 bits per heavy atom. The van der Waals surface area contributed by atoms with Crippen molar-refractivity contribution in [3.63, 3.8) is 0 Å². The van der Waals surface area contributed by atoms with Gasteiger partial charge in [0, 0.05) is 5.56 Å². The molecule has 0 aliphatic heterocycles. The minimum absolute atomic E-state index is 0.0383. The molecule has 0 atom stereocenters. The molecule has 0 unspecified atom stereocenters. The van der Waals surface area contributed by atoms with Gasteiger partial charge in [0.25, 0.3) is 5.78 Å². The topological polar surface area (TPSA) is 80.4 Å². The molecule has 0 fully saturated rings. The molecule has 18 heavy (non-hydrogen) atoms. The van der Waals surface area contributed by atoms with Gasteiger partial charge in [-0.3, -0.25) is 0 Å². The Bertz CT molecular complexity index is 721. The van der Waals surface area contributed by atoms with E-state index in [-0.39, 0.29) is 11.5 Å². The SMILES string of the molecule is O=C(O)c1cc(-c2ccccc2)nc2ncnn12. The van der Waals surface area contributed by atoms with Crippen molar-refractivity contribution < 1.29 is 9.90 Å². The smallest absolute Gasteiger partial charge is 0.354 e. The fourth-order valence-corrected chi connectivity index (χ4v) is 1.72. The summed E-state index contributed by atoms with van der Waals surface area (Å²) < 4.78 is 1.20. The Balaban J connectivity index is 2.29. The lowest BCUT2D eigenvalue weighted by Gasteiger charge is -2.03. The second-order valence-corrected chi connectivity index (χ2v) is 3.67. The maximum Gasteiger partial charge on any atom is 0.354 e. The average molecular weight is 240 g/mol. The average Bonchev–Trinajstić information content (AvgIpc) is 2.86. The highest BCUT2D eigenvalue weighted by atomic mass is 16.4. The number of carboxylic acid groups (broad SMARTS) is 1. The van der Waals surface area contributed by atoms with Gasteiger partial charge in [-0.1, -0.05) is 30.3 Å². The van der Waals surface area contributed by atoms with E-state index in [9.17, 15) is 4.79 Å². The molecule has 3 aromatic rings. The lowest BCUT2D eigenvalue weighted by atomic mass is 10.1. The van der Waals surface area contributed by atoms with Gasteiger partial charge >= 0.3 is 5.97 Å².